The second kappa shape index (κ2) is 5.65. The summed E-state index contributed by atoms with van der Waals surface area (Å²) in [5.41, 5.74) is 2.70. The Hall–Kier alpha value is -2.86. The van der Waals surface area contributed by atoms with E-state index in [0.717, 1.165) is 10.9 Å². The zero-order valence-electron chi connectivity index (χ0n) is 12.4. The first-order chi connectivity index (χ1) is 11.6. The largest absolute Gasteiger partial charge is 0.481 e. The van der Waals surface area contributed by atoms with Gasteiger partial charge in [-0.1, -0.05) is 29.8 Å². The molecule has 0 radical (unpaired) electrons. The molecule has 4 rings (SSSR count). The average Bonchev–Trinajstić information content (AvgIpc) is 3.09. The SMILES string of the molecule is O=C(O)Cc1nn(Cc2nc3cc(Cl)ccc3o2)c2ccccc12. The molecule has 0 amide bonds. The van der Waals surface area contributed by atoms with Gasteiger partial charge in [0.2, 0.25) is 5.89 Å². The third kappa shape index (κ3) is 2.61. The minimum absolute atomic E-state index is 0.128. The summed E-state index contributed by atoms with van der Waals surface area (Å²) < 4.78 is 7.43. The number of oxazole rings is 1. The predicted octanol–water partition coefficient (Wildman–Crippen LogP) is 3.51. The Morgan fingerprint density at radius 2 is 2.08 bits per heavy atom. The molecule has 4 aromatic rings. The van der Waals surface area contributed by atoms with E-state index in [2.05, 4.69) is 10.1 Å². The zero-order chi connectivity index (χ0) is 16.7. The fraction of sp³-hybridized carbons (Fsp3) is 0.118. The van der Waals surface area contributed by atoms with Crippen molar-refractivity contribution in [2.45, 2.75) is 13.0 Å². The third-order valence-electron chi connectivity index (χ3n) is 3.73. The number of rotatable bonds is 4. The standard InChI is InChI=1S/C17H12ClN3O3/c18-10-5-6-15-13(7-10)19-16(24-15)9-21-14-4-2-1-3-11(14)12(20-21)8-17(22)23/h1-7H,8-9H2,(H,22,23). The van der Waals surface area contributed by atoms with Gasteiger partial charge in [0, 0.05) is 10.4 Å². The highest BCUT2D eigenvalue weighted by Crippen LogP contribution is 2.23. The van der Waals surface area contributed by atoms with E-state index in [1.807, 2.05) is 24.3 Å². The van der Waals surface area contributed by atoms with Crippen molar-refractivity contribution in [2.75, 3.05) is 0 Å². The number of aromatic nitrogens is 3. The van der Waals surface area contributed by atoms with Gasteiger partial charge in [0.1, 0.15) is 12.1 Å². The van der Waals surface area contributed by atoms with Crippen molar-refractivity contribution in [1.29, 1.82) is 0 Å². The molecular formula is C17H12ClN3O3. The van der Waals surface area contributed by atoms with Gasteiger partial charge in [-0.05, 0) is 24.3 Å². The van der Waals surface area contributed by atoms with Crippen LogP contribution in [-0.4, -0.2) is 25.8 Å². The molecule has 0 bridgehead atoms. The molecule has 0 aliphatic carbocycles. The molecule has 0 saturated carbocycles. The molecule has 0 atom stereocenters. The molecule has 2 heterocycles. The number of carboxylic acid groups (broad SMARTS) is 1. The molecular weight excluding hydrogens is 330 g/mol. The smallest absolute Gasteiger partial charge is 0.309 e. The quantitative estimate of drug-likeness (QED) is 0.614. The van der Waals surface area contributed by atoms with Crippen LogP contribution in [0, 0.1) is 0 Å². The Kier molecular flexibility index (Phi) is 3.46. The third-order valence-corrected chi connectivity index (χ3v) is 3.97. The Balaban J connectivity index is 1.76. The maximum atomic E-state index is 11.0. The van der Waals surface area contributed by atoms with E-state index in [4.69, 9.17) is 21.1 Å². The molecule has 6 nitrogen and oxygen atoms in total. The molecule has 120 valence electrons. The number of para-hydroxylation sites is 1. The number of aliphatic carboxylic acids is 1. The first-order valence-electron chi connectivity index (χ1n) is 7.31. The van der Waals surface area contributed by atoms with Crippen LogP contribution in [0.3, 0.4) is 0 Å². The van der Waals surface area contributed by atoms with Gasteiger partial charge >= 0.3 is 5.97 Å². The van der Waals surface area contributed by atoms with Crippen LogP contribution in [-0.2, 0) is 17.8 Å². The second-order valence-electron chi connectivity index (χ2n) is 5.41. The van der Waals surface area contributed by atoms with Gasteiger partial charge in [-0.15, -0.1) is 0 Å². The van der Waals surface area contributed by atoms with Crippen molar-refractivity contribution in [1.82, 2.24) is 14.8 Å². The first kappa shape index (κ1) is 14.7. The zero-order valence-corrected chi connectivity index (χ0v) is 13.2. The van der Waals surface area contributed by atoms with Gasteiger partial charge in [-0.3, -0.25) is 9.48 Å². The lowest BCUT2D eigenvalue weighted by Crippen LogP contribution is -2.05. The van der Waals surface area contributed by atoms with Crippen LogP contribution in [0.15, 0.2) is 46.9 Å². The van der Waals surface area contributed by atoms with Crippen LogP contribution in [0.25, 0.3) is 22.0 Å². The Bertz CT molecular complexity index is 1070. The van der Waals surface area contributed by atoms with E-state index in [1.54, 1.807) is 22.9 Å². The molecule has 7 heteroatoms. The lowest BCUT2D eigenvalue weighted by Gasteiger charge is -1.99. The monoisotopic (exact) mass is 341 g/mol. The maximum absolute atomic E-state index is 11.0. The fourth-order valence-corrected chi connectivity index (χ4v) is 2.90. The van der Waals surface area contributed by atoms with E-state index in [1.165, 1.54) is 0 Å². The summed E-state index contributed by atoms with van der Waals surface area (Å²) in [6.45, 7) is 0.312. The van der Waals surface area contributed by atoms with Crippen molar-refractivity contribution in [3.05, 3.63) is 59.1 Å². The summed E-state index contributed by atoms with van der Waals surface area (Å²) in [7, 11) is 0. The molecule has 2 aromatic heterocycles. The van der Waals surface area contributed by atoms with Crippen molar-refractivity contribution in [3.8, 4) is 0 Å². The van der Waals surface area contributed by atoms with Crippen LogP contribution in [0.1, 0.15) is 11.6 Å². The summed E-state index contributed by atoms with van der Waals surface area (Å²) in [6, 6.07) is 12.8. The number of benzene rings is 2. The molecule has 0 aliphatic heterocycles. The highest BCUT2D eigenvalue weighted by Gasteiger charge is 2.15. The topological polar surface area (TPSA) is 81.1 Å². The van der Waals surface area contributed by atoms with Crippen molar-refractivity contribution in [3.63, 3.8) is 0 Å². The minimum atomic E-state index is -0.915. The van der Waals surface area contributed by atoms with E-state index >= 15 is 0 Å². The lowest BCUT2D eigenvalue weighted by molar-refractivity contribution is -0.136. The normalized spacial score (nSPS) is 11.4. The number of halogens is 1. The van der Waals surface area contributed by atoms with Gasteiger partial charge in [0.05, 0.1) is 17.6 Å². The average molecular weight is 342 g/mol. The second-order valence-corrected chi connectivity index (χ2v) is 5.85. The van der Waals surface area contributed by atoms with E-state index < -0.39 is 5.97 Å². The van der Waals surface area contributed by atoms with Crippen LogP contribution in [0.5, 0.6) is 0 Å². The van der Waals surface area contributed by atoms with E-state index in [9.17, 15) is 4.79 Å². The number of hydrogen-bond acceptors (Lipinski definition) is 4. The van der Waals surface area contributed by atoms with Crippen molar-refractivity contribution >= 4 is 39.6 Å². The summed E-state index contributed by atoms with van der Waals surface area (Å²) in [5, 5.41) is 14.9. The number of carboxylic acids is 1. The molecule has 0 spiro atoms. The number of nitrogens with zero attached hydrogens (tertiary/aromatic N) is 3. The molecule has 2 aromatic carbocycles. The summed E-state index contributed by atoms with van der Waals surface area (Å²) in [6.07, 6.45) is -0.128. The number of carbonyl (C=O) groups is 1. The Morgan fingerprint density at radius 3 is 2.92 bits per heavy atom. The van der Waals surface area contributed by atoms with Gasteiger partial charge in [0.25, 0.3) is 0 Å². The van der Waals surface area contributed by atoms with Crippen molar-refractivity contribution < 1.29 is 14.3 Å². The van der Waals surface area contributed by atoms with Gasteiger partial charge < -0.3 is 9.52 Å². The molecule has 0 fully saturated rings. The summed E-state index contributed by atoms with van der Waals surface area (Å²) in [4.78, 5) is 15.5. The summed E-state index contributed by atoms with van der Waals surface area (Å²) in [5.74, 6) is -0.427. The number of hydrogen-bond donors (Lipinski definition) is 1. The van der Waals surface area contributed by atoms with Gasteiger partial charge in [0.15, 0.2) is 5.58 Å². The highest BCUT2D eigenvalue weighted by atomic mass is 35.5. The van der Waals surface area contributed by atoms with Crippen molar-refractivity contribution in [2.24, 2.45) is 0 Å². The molecule has 0 aliphatic rings. The van der Waals surface area contributed by atoms with Crippen LogP contribution in [0.4, 0.5) is 0 Å². The predicted molar refractivity (Wildman–Crippen MR) is 89.2 cm³/mol. The van der Waals surface area contributed by atoms with Gasteiger partial charge in [-0.25, -0.2) is 4.98 Å². The highest BCUT2D eigenvalue weighted by molar-refractivity contribution is 6.31. The Labute approximate surface area is 141 Å². The van der Waals surface area contributed by atoms with E-state index in [0.29, 0.717) is 34.3 Å². The fourth-order valence-electron chi connectivity index (χ4n) is 2.73. The lowest BCUT2D eigenvalue weighted by atomic mass is 10.2. The molecule has 0 saturated heterocycles. The molecule has 24 heavy (non-hydrogen) atoms. The molecule has 1 N–H and O–H groups in total. The first-order valence-corrected chi connectivity index (χ1v) is 7.69. The van der Waals surface area contributed by atoms with Crippen LogP contribution < -0.4 is 0 Å². The number of fused-ring (bicyclic) bond motifs is 2. The van der Waals surface area contributed by atoms with E-state index in [-0.39, 0.29) is 6.42 Å². The van der Waals surface area contributed by atoms with Gasteiger partial charge in [-0.2, -0.15) is 5.10 Å². The summed E-state index contributed by atoms with van der Waals surface area (Å²) >= 11 is 5.96. The minimum Gasteiger partial charge on any atom is -0.481 e. The maximum Gasteiger partial charge on any atom is 0.309 e. The Morgan fingerprint density at radius 1 is 1.25 bits per heavy atom. The van der Waals surface area contributed by atoms with Crippen LogP contribution in [0.2, 0.25) is 5.02 Å². The molecule has 0 unspecified atom stereocenters. The van der Waals surface area contributed by atoms with Crippen LogP contribution >= 0.6 is 11.6 Å².